The van der Waals surface area contributed by atoms with E-state index >= 15 is 0 Å². The third kappa shape index (κ3) is 3.48. The van der Waals surface area contributed by atoms with Crippen molar-refractivity contribution in [2.24, 2.45) is 0 Å². The molecule has 3 aromatic rings. The number of H-pyrrole nitrogens is 1. The third-order valence-corrected chi connectivity index (χ3v) is 6.38. The van der Waals surface area contributed by atoms with E-state index in [9.17, 15) is 4.79 Å². The van der Waals surface area contributed by atoms with Gasteiger partial charge in [0, 0.05) is 10.9 Å². The number of aromatic nitrogens is 5. The Labute approximate surface area is 174 Å². The zero-order chi connectivity index (χ0) is 20.5. The zero-order valence-electron chi connectivity index (χ0n) is 17.1. The van der Waals surface area contributed by atoms with Gasteiger partial charge in [-0.25, -0.2) is 4.68 Å². The van der Waals surface area contributed by atoms with Crippen molar-refractivity contribution in [1.29, 1.82) is 0 Å². The molecule has 0 amide bonds. The van der Waals surface area contributed by atoms with Gasteiger partial charge in [-0.3, -0.25) is 4.79 Å². The second kappa shape index (κ2) is 8.16. The fourth-order valence-electron chi connectivity index (χ4n) is 4.81. The minimum Gasteiger partial charge on any atom is -0.497 e. The summed E-state index contributed by atoms with van der Waals surface area (Å²) >= 11 is 0. The molecule has 2 aliphatic rings. The van der Waals surface area contributed by atoms with E-state index in [0.717, 1.165) is 48.4 Å². The first kappa shape index (κ1) is 19.2. The molecule has 0 spiro atoms. The quantitative estimate of drug-likeness (QED) is 0.639. The first-order valence-corrected chi connectivity index (χ1v) is 10.7. The number of methoxy groups -OCH3 is 1. The monoisotopic (exact) mass is 411 g/mol. The lowest BCUT2D eigenvalue weighted by Crippen LogP contribution is -3.14. The van der Waals surface area contributed by atoms with Crippen LogP contribution < -0.4 is 15.2 Å². The molecule has 9 nitrogen and oxygen atoms in total. The number of aromatic amines is 1. The Bertz CT molecular complexity index is 1080. The normalized spacial score (nSPS) is 19.4. The Hall–Kier alpha value is -2.78. The van der Waals surface area contributed by atoms with E-state index < -0.39 is 0 Å². The van der Waals surface area contributed by atoms with Gasteiger partial charge in [-0.15, -0.1) is 5.10 Å². The molecule has 1 aromatic carbocycles. The molecule has 1 saturated carbocycles. The van der Waals surface area contributed by atoms with E-state index in [-0.39, 0.29) is 11.6 Å². The Kier molecular flexibility index (Phi) is 5.22. The van der Waals surface area contributed by atoms with Gasteiger partial charge < -0.3 is 19.4 Å². The van der Waals surface area contributed by atoms with Crippen LogP contribution in [-0.2, 0) is 4.74 Å². The molecule has 0 bridgehead atoms. The van der Waals surface area contributed by atoms with Crippen LogP contribution in [0.2, 0.25) is 0 Å². The third-order valence-electron chi connectivity index (χ3n) is 6.38. The van der Waals surface area contributed by atoms with Crippen molar-refractivity contribution in [3.63, 3.8) is 0 Å². The standard InChI is InChI=1S/C21H26N6O3/c1-29-16-6-7-18-14(12-16)13-17(21(28)22-18)19(26-8-10-30-11-9-26)20-23-24-25-27(20)15-4-2-3-5-15/h6-7,12-13,15,19H,2-5,8-11H2,1H3,(H,22,28)/p+1/t19-/m0/s1. The highest BCUT2D eigenvalue weighted by Gasteiger charge is 2.37. The van der Waals surface area contributed by atoms with E-state index in [1.165, 1.54) is 17.7 Å². The van der Waals surface area contributed by atoms with Crippen molar-refractivity contribution < 1.29 is 14.4 Å². The maximum atomic E-state index is 13.2. The first-order chi connectivity index (χ1) is 14.7. The maximum Gasteiger partial charge on any atom is 0.258 e. The van der Waals surface area contributed by atoms with Gasteiger partial charge in [-0.05, 0) is 47.5 Å². The second-order valence-corrected chi connectivity index (χ2v) is 8.13. The molecule has 1 saturated heterocycles. The summed E-state index contributed by atoms with van der Waals surface area (Å²) in [6.45, 7) is 2.93. The van der Waals surface area contributed by atoms with Gasteiger partial charge in [-0.1, -0.05) is 12.8 Å². The Morgan fingerprint density at radius 3 is 2.80 bits per heavy atom. The molecule has 3 heterocycles. The van der Waals surface area contributed by atoms with Gasteiger partial charge >= 0.3 is 0 Å². The number of quaternary nitrogens is 1. The summed E-state index contributed by atoms with van der Waals surface area (Å²) in [5.41, 5.74) is 1.37. The molecule has 1 aliphatic carbocycles. The number of nitrogens with one attached hydrogen (secondary N) is 2. The molecule has 30 heavy (non-hydrogen) atoms. The first-order valence-electron chi connectivity index (χ1n) is 10.7. The van der Waals surface area contributed by atoms with Gasteiger partial charge in [0.2, 0.25) is 5.82 Å². The molecule has 2 aromatic heterocycles. The van der Waals surface area contributed by atoms with Crippen molar-refractivity contribution in [2.45, 2.75) is 37.8 Å². The number of nitrogens with zero attached hydrogens (tertiary/aromatic N) is 4. The topological polar surface area (TPSA) is 99.4 Å². The van der Waals surface area contributed by atoms with E-state index in [1.807, 2.05) is 28.9 Å². The van der Waals surface area contributed by atoms with Crippen molar-refractivity contribution >= 4 is 10.9 Å². The van der Waals surface area contributed by atoms with E-state index in [2.05, 4.69) is 20.5 Å². The number of rotatable bonds is 5. The number of ether oxygens (including phenoxy) is 2. The summed E-state index contributed by atoms with van der Waals surface area (Å²) in [4.78, 5) is 17.5. The van der Waals surface area contributed by atoms with Crippen LogP contribution in [0.15, 0.2) is 29.1 Å². The molecule has 1 atom stereocenters. The number of hydrogen-bond acceptors (Lipinski definition) is 6. The van der Waals surface area contributed by atoms with Crippen LogP contribution in [0.1, 0.15) is 49.2 Å². The molecule has 0 unspecified atom stereocenters. The predicted octanol–water partition coefficient (Wildman–Crippen LogP) is 0.643. The average Bonchev–Trinajstić information content (AvgIpc) is 3.47. The number of morpholine rings is 1. The van der Waals surface area contributed by atoms with Gasteiger partial charge in [-0.2, -0.15) is 0 Å². The van der Waals surface area contributed by atoms with Crippen LogP contribution >= 0.6 is 0 Å². The Morgan fingerprint density at radius 2 is 2.03 bits per heavy atom. The highest BCUT2D eigenvalue weighted by Crippen LogP contribution is 2.31. The largest absolute Gasteiger partial charge is 0.497 e. The molecule has 5 rings (SSSR count). The lowest BCUT2D eigenvalue weighted by atomic mass is 10.0. The molecule has 2 fully saturated rings. The second-order valence-electron chi connectivity index (χ2n) is 8.13. The molecule has 9 heteroatoms. The minimum absolute atomic E-state index is 0.0994. The fourth-order valence-corrected chi connectivity index (χ4v) is 4.81. The van der Waals surface area contributed by atoms with Gasteiger partial charge in [0.05, 0.1) is 31.9 Å². The number of hydrogen-bond donors (Lipinski definition) is 2. The van der Waals surface area contributed by atoms with Crippen LogP contribution in [0.3, 0.4) is 0 Å². The summed E-state index contributed by atoms with van der Waals surface area (Å²) in [5.74, 6) is 1.53. The smallest absolute Gasteiger partial charge is 0.258 e. The Morgan fingerprint density at radius 1 is 1.23 bits per heavy atom. The summed E-state index contributed by atoms with van der Waals surface area (Å²) in [6, 6.07) is 7.70. The van der Waals surface area contributed by atoms with Crippen LogP contribution in [0.4, 0.5) is 0 Å². The highest BCUT2D eigenvalue weighted by molar-refractivity contribution is 5.80. The number of benzene rings is 1. The van der Waals surface area contributed by atoms with E-state index in [1.54, 1.807) is 7.11 Å². The number of tetrazole rings is 1. The van der Waals surface area contributed by atoms with Crippen molar-refractivity contribution in [3.8, 4) is 5.75 Å². The molecule has 1 aliphatic heterocycles. The summed E-state index contributed by atoms with van der Waals surface area (Å²) in [6.07, 6.45) is 4.54. The Balaban J connectivity index is 1.65. The van der Waals surface area contributed by atoms with E-state index in [4.69, 9.17) is 9.47 Å². The van der Waals surface area contributed by atoms with Crippen molar-refractivity contribution in [3.05, 3.63) is 46.0 Å². The van der Waals surface area contributed by atoms with Gasteiger partial charge in [0.1, 0.15) is 18.8 Å². The van der Waals surface area contributed by atoms with Crippen LogP contribution in [0.25, 0.3) is 10.9 Å². The van der Waals surface area contributed by atoms with Crippen LogP contribution in [0.5, 0.6) is 5.75 Å². The summed E-state index contributed by atoms with van der Waals surface area (Å²) in [7, 11) is 1.64. The molecular weight excluding hydrogens is 384 g/mol. The van der Waals surface area contributed by atoms with Crippen molar-refractivity contribution in [2.75, 3.05) is 33.4 Å². The summed E-state index contributed by atoms with van der Waals surface area (Å²) < 4.78 is 12.9. The molecule has 158 valence electrons. The lowest BCUT2D eigenvalue weighted by Gasteiger charge is -2.31. The molecule has 2 N–H and O–H groups in total. The van der Waals surface area contributed by atoms with Crippen molar-refractivity contribution in [1.82, 2.24) is 25.2 Å². The number of fused-ring (bicyclic) bond motifs is 1. The highest BCUT2D eigenvalue weighted by atomic mass is 16.5. The lowest BCUT2D eigenvalue weighted by molar-refractivity contribution is -0.933. The molecule has 0 radical (unpaired) electrons. The van der Waals surface area contributed by atoms with Crippen LogP contribution in [0, 0.1) is 0 Å². The number of pyridine rings is 1. The summed E-state index contributed by atoms with van der Waals surface area (Å²) in [5, 5.41) is 13.7. The minimum atomic E-state index is -0.246. The SMILES string of the molecule is COc1ccc2[nH]c(=O)c([C@@H](c3nnnn3C3CCCC3)[NH+]3CCOCC3)cc2c1. The zero-order valence-corrected chi connectivity index (χ0v) is 17.1. The van der Waals surface area contributed by atoms with E-state index in [0.29, 0.717) is 24.8 Å². The molecular formula is C21H27N6O3+. The van der Waals surface area contributed by atoms with Gasteiger partial charge in [0.25, 0.3) is 5.56 Å². The predicted molar refractivity (Wildman–Crippen MR) is 110 cm³/mol. The average molecular weight is 411 g/mol. The van der Waals surface area contributed by atoms with Gasteiger partial charge in [0.15, 0.2) is 6.04 Å². The fraction of sp³-hybridized carbons (Fsp3) is 0.524. The maximum absolute atomic E-state index is 13.2. The van der Waals surface area contributed by atoms with Crippen LogP contribution in [-0.4, -0.2) is 58.6 Å².